The number of hydrogen-bond acceptors (Lipinski definition) is 3. The van der Waals surface area contributed by atoms with Gasteiger partial charge in [-0.05, 0) is 45.6 Å². The van der Waals surface area contributed by atoms with Gasteiger partial charge >= 0.3 is 0 Å². The normalized spacial score (nSPS) is 25.2. The van der Waals surface area contributed by atoms with Crippen LogP contribution in [0.3, 0.4) is 0 Å². The molecule has 1 heterocycles. The molecule has 0 aliphatic carbocycles. The van der Waals surface area contributed by atoms with Crippen LogP contribution in [0.15, 0.2) is 0 Å². The Kier molecular flexibility index (Phi) is 3.97. The van der Waals surface area contributed by atoms with Gasteiger partial charge in [0.15, 0.2) is 0 Å². The van der Waals surface area contributed by atoms with Crippen LogP contribution in [0.5, 0.6) is 0 Å². The zero-order valence-corrected chi connectivity index (χ0v) is 11.0. The maximum Gasteiger partial charge on any atom is 0.261 e. The summed E-state index contributed by atoms with van der Waals surface area (Å²) >= 11 is 0. The third-order valence-electron chi connectivity index (χ3n) is 2.85. The van der Waals surface area contributed by atoms with Gasteiger partial charge in [0, 0.05) is 0 Å². The Morgan fingerprint density at radius 1 is 1.44 bits per heavy atom. The van der Waals surface area contributed by atoms with Gasteiger partial charge in [-0.15, -0.1) is 0 Å². The monoisotopic (exact) mass is 228 g/mol. The highest BCUT2D eigenvalue weighted by atomic mass is 16.7. The maximum absolute atomic E-state index is 12.0. The van der Waals surface area contributed by atoms with Crippen molar-refractivity contribution in [1.29, 1.82) is 0 Å². The van der Waals surface area contributed by atoms with Crippen molar-refractivity contribution in [3.63, 3.8) is 0 Å². The predicted molar refractivity (Wildman–Crippen MR) is 63.8 cm³/mol. The average Bonchev–Trinajstić information content (AvgIpc) is 2.12. The summed E-state index contributed by atoms with van der Waals surface area (Å²) in [6.07, 6.45) is 2.19. The molecule has 1 fully saturated rings. The van der Waals surface area contributed by atoms with Crippen LogP contribution < -0.4 is 10.8 Å². The number of rotatable bonds is 2. The Labute approximate surface area is 98.1 Å². The second kappa shape index (κ2) is 4.72. The van der Waals surface area contributed by atoms with Gasteiger partial charge in [0.1, 0.15) is 0 Å². The van der Waals surface area contributed by atoms with Gasteiger partial charge in [-0.3, -0.25) is 9.63 Å². The number of carbonyl (C=O) groups is 1. The largest absolute Gasteiger partial charge is 0.305 e. The number of piperidine rings is 1. The van der Waals surface area contributed by atoms with E-state index < -0.39 is 0 Å². The lowest BCUT2D eigenvalue weighted by atomic mass is 9.77. The van der Waals surface area contributed by atoms with E-state index in [1.54, 1.807) is 0 Å². The van der Waals surface area contributed by atoms with Gasteiger partial charge in [-0.25, -0.2) is 5.48 Å². The molecule has 0 spiro atoms. The highest BCUT2D eigenvalue weighted by molar-refractivity contribution is 5.81. The Morgan fingerprint density at radius 2 is 2.06 bits per heavy atom. The molecule has 0 saturated carbocycles. The minimum atomic E-state index is -0.353. The Balaban J connectivity index is 2.52. The van der Waals surface area contributed by atoms with Crippen molar-refractivity contribution in [1.82, 2.24) is 10.8 Å². The van der Waals surface area contributed by atoms with E-state index in [4.69, 9.17) is 4.84 Å². The molecule has 1 unspecified atom stereocenters. The number of amides is 1. The summed E-state index contributed by atoms with van der Waals surface area (Å²) in [5.74, 6) is -0.0698. The lowest BCUT2D eigenvalue weighted by Crippen LogP contribution is -2.56. The highest BCUT2D eigenvalue weighted by Crippen LogP contribution is 2.30. The fraction of sp³-hybridized carbons (Fsp3) is 0.917. The van der Waals surface area contributed by atoms with Crippen LogP contribution in [0.4, 0.5) is 0 Å². The second-order valence-electron chi connectivity index (χ2n) is 6.16. The molecule has 1 atom stereocenters. The van der Waals surface area contributed by atoms with E-state index in [0.717, 1.165) is 19.4 Å². The van der Waals surface area contributed by atoms with Crippen LogP contribution >= 0.6 is 0 Å². The van der Waals surface area contributed by atoms with Crippen molar-refractivity contribution in [3.05, 3.63) is 0 Å². The number of nitrogens with one attached hydrogen (secondary N) is 2. The zero-order chi connectivity index (χ0) is 12.4. The fourth-order valence-corrected chi connectivity index (χ4v) is 1.92. The Bertz CT molecular complexity index is 256. The van der Waals surface area contributed by atoms with E-state index in [2.05, 4.69) is 24.6 Å². The van der Waals surface area contributed by atoms with Gasteiger partial charge in [0.25, 0.3) is 5.91 Å². The van der Waals surface area contributed by atoms with Crippen molar-refractivity contribution < 1.29 is 9.63 Å². The smallest absolute Gasteiger partial charge is 0.261 e. The van der Waals surface area contributed by atoms with Crippen molar-refractivity contribution in [2.75, 3.05) is 6.54 Å². The molecule has 1 rings (SSSR count). The summed E-state index contributed by atoms with van der Waals surface area (Å²) in [5.41, 5.74) is 2.18. The summed E-state index contributed by atoms with van der Waals surface area (Å²) < 4.78 is 0. The van der Waals surface area contributed by atoms with Crippen LogP contribution in [0, 0.1) is 5.41 Å². The molecule has 94 valence electrons. The first-order chi connectivity index (χ1) is 7.22. The van der Waals surface area contributed by atoms with Crippen molar-refractivity contribution in [2.24, 2.45) is 5.41 Å². The van der Waals surface area contributed by atoms with Crippen molar-refractivity contribution in [2.45, 2.75) is 59.1 Å². The predicted octanol–water partition coefficient (Wildman–Crippen LogP) is 1.61. The molecule has 2 N–H and O–H groups in total. The first kappa shape index (κ1) is 13.5. The van der Waals surface area contributed by atoms with E-state index in [0.29, 0.717) is 0 Å². The number of carbonyl (C=O) groups excluding carboxylic acids is 1. The third-order valence-corrected chi connectivity index (χ3v) is 2.85. The molecule has 1 amide bonds. The Morgan fingerprint density at radius 3 is 2.56 bits per heavy atom. The number of hydrogen-bond donors (Lipinski definition) is 2. The first-order valence-corrected chi connectivity index (χ1v) is 5.94. The lowest BCUT2D eigenvalue weighted by molar-refractivity contribution is -0.151. The lowest BCUT2D eigenvalue weighted by Gasteiger charge is -2.38. The van der Waals surface area contributed by atoms with Gasteiger partial charge in [0.2, 0.25) is 0 Å². The molecule has 1 aliphatic rings. The van der Waals surface area contributed by atoms with Gasteiger partial charge in [-0.2, -0.15) is 0 Å². The summed E-state index contributed by atoms with van der Waals surface area (Å²) in [5, 5.41) is 3.25. The minimum absolute atomic E-state index is 0.0103. The van der Waals surface area contributed by atoms with E-state index in [9.17, 15) is 4.79 Å². The Hall–Kier alpha value is -0.610. The molecule has 1 saturated heterocycles. The summed E-state index contributed by atoms with van der Waals surface area (Å²) in [6, 6.07) is -0.163. The fourth-order valence-electron chi connectivity index (χ4n) is 1.92. The summed E-state index contributed by atoms with van der Waals surface area (Å²) in [4.78, 5) is 17.3. The second-order valence-corrected chi connectivity index (χ2v) is 6.16. The van der Waals surface area contributed by atoms with E-state index in [1.165, 1.54) is 0 Å². The molecule has 0 radical (unpaired) electrons. The zero-order valence-electron chi connectivity index (χ0n) is 11.0. The summed E-state index contributed by atoms with van der Waals surface area (Å²) in [6.45, 7) is 10.9. The molecule has 16 heavy (non-hydrogen) atoms. The SMILES string of the molecule is CC(C)(C)ONC(=O)C1NCCCC1(C)C. The first-order valence-electron chi connectivity index (χ1n) is 5.94. The standard InChI is InChI=1S/C12H24N2O2/c1-11(2,3)16-14-10(15)9-12(4,5)7-6-8-13-9/h9,13H,6-8H2,1-5H3,(H,14,15). The van der Waals surface area contributed by atoms with Gasteiger partial charge < -0.3 is 5.32 Å². The molecule has 0 aromatic heterocycles. The summed E-state index contributed by atoms with van der Waals surface area (Å²) in [7, 11) is 0. The average molecular weight is 228 g/mol. The molecular formula is C12H24N2O2. The van der Waals surface area contributed by atoms with Gasteiger partial charge in [0.05, 0.1) is 11.6 Å². The molecule has 0 bridgehead atoms. The maximum atomic E-state index is 12.0. The van der Waals surface area contributed by atoms with Gasteiger partial charge in [-0.1, -0.05) is 13.8 Å². The molecular weight excluding hydrogens is 204 g/mol. The highest BCUT2D eigenvalue weighted by Gasteiger charge is 2.37. The van der Waals surface area contributed by atoms with Crippen molar-refractivity contribution >= 4 is 5.91 Å². The van der Waals surface area contributed by atoms with E-state index >= 15 is 0 Å². The van der Waals surface area contributed by atoms with E-state index in [1.807, 2.05) is 20.8 Å². The molecule has 4 nitrogen and oxygen atoms in total. The molecule has 4 heteroatoms. The topological polar surface area (TPSA) is 50.4 Å². The third kappa shape index (κ3) is 3.76. The van der Waals surface area contributed by atoms with Crippen LogP contribution in [0.2, 0.25) is 0 Å². The molecule has 0 aromatic rings. The van der Waals surface area contributed by atoms with Crippen LogP contribution in [-0.4, -0.2) is 24.1 Å². The number of hydroxylamine groups is 1. The van der Waals surface area contributed by atoms with Crippen molar-refractivity contribution in [3.8, 4) is 0 Å². The van der Waals surface area contributed by atoms with E-state index in [-0.39, 0.29) is 23.0 Å². The quantitative estimate of drug-likeness (QED) is 0.706. The van der Waals surface area contributed by atoms with Crippen LogP contribution in [0.25, 0.3) is 0 Å². The molecule has 0 aromatic carbocycles. The van der Waals surface area contributed by atoms with Crippen LogP contribution in [0.1, 0.15) is 47.5 Å². The van der Waals surface area contributed by atoms with Crippen LogP contribution in [-0.2, 0) is 9.63 Å². The minimum Gasteiger partial charge on any atom is -0.305 e. The molecule has 1 aliphatic heterocycles.